The van der Waals surface area contributed by atoms with Crippen LogP contribution in [0.3, 0.4) is 0 Å². The Hall–Kier alpha value is -1.98. The highest BCUT2D eigenvalue weighted by Crippen LogP contribution is 2.12. The van der Waals surface area contributed by atoms with E-state index in [-0.39, 0.29) is 54.0 Å². The molecule has 0 unspecified atom stereocenters. The molecule has 0 N–H and O–H groups in total. The van der Waals surface area contributed by atoms with E-state index < -0.39 is 0 Å². The minimum absolute atomic E-state index is 0.0408. The molecule has 1 fully saturated rings. The summed E-state index contributed by atoms with van der Waals surface area (Å²) in [5.74, 6) is -0.391. The van der Waals surface area contributed by atoms with Crippen molar-refractivity contribution in [3.63, 3.8) is 0 Å². The highest BCUT2D eigenvalue weighted by Gasteiger charge is 2.13. The number of hydrogen-bond donors (Lipinski definition) is 0. The summed E-state index contributed by atoms with van der Waals surface area (Å²) in [6, 6.07) is 0. The number of carbonyl (C=O) groups is 6. The fourth-order valence-electron chi connectivity index (χ4n) is 3.65. The molecule has 1 saturated carbocycles. The molecule has 0 aromatic heterocycles. The summed E-state index contributed by atoms with van der Waals surface area (Å²) in [7, 11) is 0. The van der Waals surface area contributed by atoms with E-state index in [9.17, 15) is 28.8 Å². The molecule has 1 aliphatic carbocycles. The number of ketones is 6. The predicted octanol–water partition coefficient (Wildman–Crippen LogP) is 4.44. The third-order valence-corrected chi connectivity index (χ3v) is 5.42. The van der Waals surface area contributed by atoms with Gasteiger partial charge >= 0.3 is 0 Å². The van der Waals surface area contributed by atoms with Crippen LogP contribution in [0.2, 0.25) is 0 Å². The van der Waals surface area contributed by atoms with Crippen LogP contribution in [0.5, 0.6) is 0 Å². The largest absolute Gasteiger partial charge is 0.299 e. The van der Waals surface area contributed by atoms with Crippen molar-refractivity contribution < 1.29 is 28.8 Å². The van der Waals surface area contributed by atoms with E-state index in [0.29, 0.717) is 77.0 Å². The molecule has 0 heterocycles. The van der Waals surface area contributed by atoms with Gasteiger partial charge in [0, 0.05) is 38.5 Å². The van der Waals surface area contributed by atoms with Crippen molar-refractivity contribution in [2.45, 2.75) is 116 Å². The maximum atomic E-state index is 11.9. The van der Waals surface area contributed by atoms with Crippen LogP contribution in [-0.2, 0) is 28.8 Å². The molecule has 0 saturated heterocycles. The summed E-state index contributed by atoms with van der Waals surface area (Å²) in [4.78, 5) is 71.2. The second kappa shape index (κ2) is 15.8. The molecule has 6 nitrogen and oxygen atoms in total. The molecule has 1 aliphatic rings. The predicted molar refractivity (Wildman–Crippen MR) is 113 cm³/mol. The number of rotatable bonds is 0. The molecule has 30 heavy (non-hydrogen) atoms. The van der Waals surface area contributed by atoms with Crippen molar-refractivity contribution in [2.75, 3.05) is 0 Å². The van der Waals surface area contributed by atoms with Crippen molar-refractivity contribution in [1.29, 1.82) is 0 Å². The van der Waals surface area contributed by atoms with Gasteiger partial charge in [-0.05, 0) is 38.5 Å². The summed E-state index contributed by atoms with van der Waals surface area (Å²) in [6.45, 7) is 0. The molecular formula is C24H36O6. The minimum Gasteiger partial charge on any atom is -0.299 e. The zero-order valence-electron chi connectivity index (χ0n) is 18.2. The number of hydrogen-bond acceptors (Lipinski definition) is 6. The molecule has 6 heteroatoms. The van der Waals surface area contributed by atoms with Crippen LogP contribution in [0.15, 0.2) is 0 Å². The summed E-state index contributed by atoms with van der Waals surface area (Å²) in [5, 5.41) is 0. The second-order valence-electron chi connectivity index (χ2n) is 8.44. The lowest BCUT2D eigenvalue weighted by molar-refractivity contribution is -0.128. The molecule has 168 valence electrons. The Labute approximate surface area is 179 Å². The first-order valence-corrected chi connectivity index (χ1v) is 11.5. The maximum absolute atomic E-state index is 11.9. The maximum Gasteiger partial charge on any atom is 0.140 e. The highest BCUT2D eigenvalue weighted by atomic mass is 16.2. The smallest absolute Gasteiger partial charge is 0.140 e. The van der Waals surface area contributed by atoms with Crippen molar-refractivity contribution in [2.24, 2.45) is 0 Å². The molecule has 0 atom stereocenters. The fourth-order valence-corrected chi connectivity index (χ4v) is 3.65. The first-order valence-electron chi connectivity index (χ1n) is 11.5. The Kier molecular flexibility index (Phi) is 13.7. The van der Waals surface area contributed by atoms with Crippen LogP contribution in [0.4, 0.5) is 0 Å². The SMILES string of the molecule is O=C1CCCCCC(=O)CC(=O)CCCCCC(=O)CC(=O)CCCCCC(=O)C1. The lowest BCUT2D eigenvalue weighted by Crippen LogP contribution is -2.09. The topological polar surface area (TPSA) is 102 Å². The average Bonchev–Trinajstić information content (AvgIpc) is 2.66. The summed E-state index contributed by atoms with van der Waals surface area (Å²) < 4.78 is 0. The zero-order valence-corrected chi connectivity index (χ0v) is 18.2. The Balaban J connectivity index is 2.45. The molecule has 0 amide bonds. The van der Waals surface area contributed by atoms with Crippen LogP contribution in [0.1, 0.15) is 116 Å². The van der Waals surface area contributed by atoms with Crippen molar-refractivity contribution in [1.82, 2.24) is 0 Å². The van der Waals surface area contributed by atoms with E-state index in [4.69, 9.17) is 0 Å². The molecule has 0 spiro atoms. The van der Waals surface area contributed by atoms with Gasteiger partial charge in [-0.2, -0.15) is 0 Å². The van der Waals surface area contributed by atoms with Gasteiger partial charge in [-0.1, -0.05) is 19.3 Å². The number of carbonyl (C=O) groups excluding carboxylic acids is 6. The molecule has 0 bridgehead atoms. The van der Waals surface area contributed by atoms with Crippen molar-refractivity contribution in [3.05, 3.63) is 0 Å². The third kappa shape index (κ3) is 14.1. The van der Waals surface area contributed by atoms with Gasteiger partial charge in [0.15, 0.2) is 0 Å². The van der Waals surface area contributed by atoms with Crippen LogP contribution < -0.4 is 0 Å². The van der Waals surface area contributed by atoms with Gasteiger partial charge in [0.2, 0.25) is 0 Å². The summed E-state index contributed by atoms with van der Waals surface area (Å²) in [5.41, 5.74) is 0. The second-order valence-corrected chi connectivity index (χ2v) is 8.44. The van der Waals surface area contributed by atoms with Crippen molar-refractivity contribution >= 4 is 34.7 Å². The van der Waals surface area contributed by atoms with E-state index in [1.54, 1.807) is 0 Å². The molecule has 0 aromatic carbocycles. The van der Waals surface area contributed by atoms with Gasteiger partial charge in [-0.3, -0.25) is 28.8 Å². The summed E-state index contributed by atoms with van der Waals surface area (Å²) in [6.07, 6.45) is 8.15. The van der Waals surface area contributed by atoms with Crippen molar-refractivity contribution in [3.8, 4) is 0 Å². The van der Waals surface area contributed by atoms with E-state index >= 15 is 0 Å². The molecule has 1 rings (SSSR count). The minimum atomic E-state index is -0.0651. The number of Topliss-reactive ketones (excluding diaryl/α,β-unsaturated/α-hetero) is 6. The summed E-state index contributed by atoms with van der Waals surface area (Å²) >= 11 is 0. The normalized spacial score (nSPS) is 22.0. The van der Waals surface area contributed by atoms with Gasteiger partial charge in [0.25, 0.3) is 0 Å². The van der Waals surface area contributed by atoms with E-state index in [1.165, 1.54) is 0 Å². The van der Waals surface area contributed by atoms with Crippen LogP contribution in [0.25, 0.3) is 0 Å². The first-order chi connectivity index (χ1) is 14.4. The van der Waals surface area contributed by atoms with E-state index in [1.807, 2.05) is 0 Å². The van der Waals surface area contributed by atoms with Gasteiger partial charge in [-0.25, -0.2) is 0 Å². The van der Waals surface area contributed by atoms with Crippen LogP contribution in [-0.4, -0.2) is 34.7 Å². The van der Waals surface area contributed by atoms with Gasteiger partial charge < -0.3 is 0 Å². The van der Waals surface area contributed by atoms with Gasteiger partial charge in [0.05, 0.1) is 19.3 Å². The Morgan fingerprint density at radius 2 is 0.433 bits per heavy atom. The standard InChI is InChI=1S/C24H36O6/c25-19-10-4-1-5-11-20(26)17-22(28)13-7-3-9-15-24(30)18-23(29)14-8-2-6-12-21(27)16-19/h1-18H2. The Bertz CT molecular complexity index is 486. The fraction of sp³-hybridized carbons (Fsp3) is 0.750. The Morgan fingerprint density at radius 3 is 0.600 bits per heavy atom. The lowest BCUT2D eigenvalue weighted by Gasteiger charge is -2.05. The van der Waals surface area contributed by atoms with Crippen LogP contribution >= 0.6 is 0 Å². The average molecular weight is 421 g/mol. The van der Waals surface area contributed by atoms with Gasteiger partial charge in [0.1, 0.15) is 34.7 Å². The highest BCUT2D eigenvalue weighted by molar-refractivity contribution is 6.00. The third-order valence-electron chi connectivity index (χ3n) is 5.42. The quantitative estimate of drug-likeness (QED) is 0.537. The monoisotopic (exact) mass is 420 g/mol. The van der Waals surface area contributed by atoms with Crippen LogP contribution in [0, 0.1) is 0 Å². The zero-order chi connectivity index (χ0) is 22.2. The van der Waals surface area contributed by atoms with Gasteiger partial charge in [-0.15, -0.1) is 0 Å². The first kappa shape index (κ1) is 26.1. The molecular weight excluding hydrogens is 384 g/mol. The van der Waals surface area contributed by atoms with E-state index in [2.05, 4.69) is 0 Å². The molecule has 0 aliphatic heterocycles. The lowest BCUT2D eigenvalue weighted by atomic mass is 9.99. The molecule has 0 aromatic rings. The molecule has 0 radical (unpaired) electrons. The Morgan fingerprint density at radius 1 is 0.267 bits per heavy atom. The van der Waals surface area contributed by atoms with E-state index in [0.717, 1.165) is 19.3 Å².